The third kappa shape index (κ3) is 3.92. The number of hydrogen-bond acceptors (Lipinski definition) is 2. The lowest BCUT2D eigenvalue weighted by atomic mass is 10.7. The van der Waals surface area contributed by atoms with Crippen molar-refractivity contribution < 1.29 is 4.74 Å². The molecule has 2 heteroatoms. The quantitative estimate of drug-likeness (QED) is 0.491. The molecule has 2 nitrogen and oxygen atoms in total. The number of methoxy groups -OCH3 is 1. The molecule has 0 bridgehead atoms. The van der Waals surface area contributed by atoms with E-state index in [0.717, 1.165) is 13.2 Å². The van der Waals surface area contributed by atoms with Crippen LogP contribution in [-0.2, 0) is 4.74 Å². The van der Waals surface area contributed by atoms with E-state index in [-0.39, 0.29) is 0 Å². The van der Waals surface area contributed by atoms with Crippen molar-refractivity contribution in [3.8, 4) is 0 Å². The third-order valence-electron chi connectivity index (χ3n) is 0.483. The van der Waals surface area contributed by atoms with Crippen molar-refractivity contribution in [3.63, 3.8) is 0 Å². The molecule has 0 saturated heterocycles. The van der Waals surface area contributed by atoms with Gasteiger partial charge in [0.05, 0.1) is 6.61 Å². The average Bonchev–Trinajstić information content (AvgIpc) is 1.61. The van der Waals surface area contributed by atoms with Crippen LogP contribution in [0.3, 0.4) is 0 Å². The van der Waals surface area contributed by atoms with Gasteiger partial charge < -0.3 is 10.1 Å². The van der Waals surface area contributed by atoms with Gasteiger partial charge in [-0.1, -0.05) is 0 Å². The Morgan fingerprint density at radius 3 is 2.67 bits per heavy atom. The molecule has 1 radical (unpaired) electrons. The number of rotatable bonds is 3. The Labute approximate surface area is 38.5 Å². The standard InChI is InChI=1S/C4H10NO/c1-5-3-4-6-2/h5H,1,3-4H2,2H3. The minimum atomic E-state index is 0.740. The van der Waals surface area contributed by atoms with E-state index < -0.39 is 0 Å². The van der Waals surface area contributed by atoms with E-state index in [2.05, 4.69) is 17.1 Å². The lowest BCUT2D eigenvalue weighted by molar-refractivity contribution is 0.202. The van der Waals surface area contributed by atoms with Crippen LogP contribution < -0.4 is 5.32 Å². The monoisotopic (exact) mass is 88.1 g/mol. The summed E-state index contributed by atoms with van der Waals surface area (Å²) >= 11 is 0. The van der Waals surface area contributed by atoms with Gasteiger partial charge in [0.1, 0.15) is 0 Å². The summed E-state index contributed by atoms with van der Waals surface area (Å²) in [7, 11) is 5.06. The molecule has 0 atom stereocenters. The maximum atomic E-state index is 4.68. The highest BCUT2D eigenvalue weighted by molar-refractivity contribution is 4.36. The molecule has 0 heterocycles. The summed E-state index contributed by atoms with van der Waals surface area (Å²) < 4.78 is 4.68. The summed E-state index contributed by atoms with van der Waals surface area (Å²) in [5, 5.41) is 2.69. The van der Waals surface area contributed by atoms with Crippen molar-refractivity contribution in [2.45, 2.75) is 0 Å². The summed E-state index contributed by atoms with van der Waals surface area (Å²) in [6.45, 7) is 1.57. The van der Waals surface area contributed by atoms with Gasteiger partial charge in [-0.2, -0.15) is 0 Å². The van der Waals surface area contributed by atoms with Gasteiger partial charge in [-0.15, -0.1) is 0 Å². The van der Waals surface area contributed by atoms with Crippen molar-refractivity contribution in [1.82, 2.24) is 5.32 Å². The van der Waals surface area contributed by atoms with Crippen molar-refractivity contribution in [1.29, 1.82) is 0 Å². The van der Waals surface area contributed by atoms with Crippen molar-refractivity contribution in [2.75, 3.05) is 20.3 Å². The van der Waals surface area contributed by atoms with Crippen molar-refractivity contribution in [3.05, 3.63) is 7.05 Å². The summed E-state index contributed by atoms with van der Waals surface area (Å²) in [5.74, 6) is 0. The molecule has 0 unspecified atom stereocenters. The van der Waals surface area contributed by atoms with E-state index in [0.29, 0.717) is 0 Å². The van der Waals surface area contributed by atoms with Crippen molar-refractivity contribution in [2.24, 2.45) is 0 Å². The van der Waals surface area contributed by atoms with E-state index in [1.807, 2.05) is 0 Å². The van der Waals surface area contributed by atoms with Crippen molar-refractivity contribution >= 4 is 0 Å². The second-order valence-electron chi connectivity index (χ2n) is 0.993. The molecule has 1 N–H and O–H groups in total. The molecule has 0 aliphatic carbocycles. The lowest BCUT2D eigenvalue weighted by Crippen LogP contribution is -2.10. The van der Waals surface area contributed by atoms with Crippen LogP contribution in [0, 0.1) is 7.05 Å². The summed E-state index contributed by atoms with van der Waals surface area (Å²) in [6.07, 6.45) is 0. The second-order valence-corrected chi connectivity index (χ2v) is 0.993. The first-order valence-electron chi connectivity index (χ1n) is 1.90. The fraction of sp³-hybridized carbons (Fsp3) is 0.750. The average molecular weight is 88.1 g/mol. The first kappa shape index (κ1) is 5.92. The molecular weight excluding hydrogens is 78.0 g/mol. The Bertz CT molecular complexity index is 19.5. The molecule has 0 rings (SSSR count). The SMILES string of the molecule is [CH2]NCCOC. The summed E-state index contributed by atoms with van der Waals surface area (Å²) in [6, 6.07) is 0. The maximum absolute atomic E-state index is 4.68. The van der Waals surface area contributed by atoms with Crippen LogP contribution in [0.1, 0.15) is 0 Å². The molecule has 0 aromatic rings. The topological polar surface area (TPSA) is 21.3 Å². The maximum Gasteiger partial charge on any atom is 0.0587 e. The molecule has 0 aliphatic rings. The number of ether oxygens (including phenoxy) is 1. The Morgan fingerprint density at radius 1 is 1.83 bits per heavy atom. The Kier molecular flexibility index (Phi) is 4.85. The largest absolute Gasteiger partial charge is 0.383 e. The Balaban J connectivity index is 2.34. The zero-order chi connectivity index (χ0) is 4.83. The van der Waals surface area contributed by atoms with Gasteiger partial charge in [0.25, 0.3) is 0 Å². The molecule has 0 fully saturated rings. The minimum absolute atomic E-state index is 0.740. The third-order valence-corrected chi connectivity index (χ3v) is 0.483. The van der Waals surface area contributed by atoms with Gasteiger partial charge >= 0.3 is 0 Å². The van der Waals surface area contributed by atoms with Crippen LogP contribution >= 0.6 is 0 Å². The second kappa shape index (κ2) is 4.92. The highest BCUT2D eigenvalue weighted by Crippen LogP contribution is 1.58. The van der Waals surface area contributed by atoms with Gasteiger partial charge in [0.15, 0.2) is 0 Å². The normalized spacial score (nSPS) is 9.00. The lowest BCUT2D eigenvalue weighted by Gasteiger charge is -1.91. The molecule has 0 aromatic heterocycles. The van der Waals surface area contributed by atoms with Crippen LogP contribution in [0.25, 0.3) is 0 Å². The first-order valence-corrected chi connectivity index (χ1v) is 1.90. The zero-order valence-electron chi connectivity index (χ0n) is 4.03. The molecular formula is C4H10NO. The Hall–Kier alpha value is -0.0800. The fourth-order valence-corrected chi connectivity index (χ4v) is 0.174. The highest BCUT2D eigenvalue weighted by atomic mass is 16.5. The van der Waals surface area contributed by atoms with Crippen LogP contribution in [0.5, 0.6) is 0 Å². The van der Waals surface area contributed by atoms with Gasteiger partial charge in [-0.3, -0.25) is 0 Å². The summed E-state index contributed by atoms with van der Waals surface area (Å²) in [4.78, 5) is 0. The smallest absolute Gasteiger partial charge is 0.0587 e. The molecule has 0 aliphatic heterocycles. The zero-order valence-corrected chi connectivity index (χ0v) is 4.03. The molecule has 37 valence electrons. The summed E-state index contributed by atoms with van der Waals surface area (Å²) in [5.41, 5.74) is 0. The van der Waals surface area contributed by atoms with Crippen LogP contribution in [0.4, 0.5) is 0 Å². The van der Waals surface area contributed by atoms with Crippen LogP contribution in [0.15, 0.2) is 0 Å². The molecule has 0 spiro atoms. The van der Waals surface area contributed by atoms with E-state index in [1.165, 1.54) is 0 Å². The van der Waals surface area contributed by atoms with E-state index in [4.69, 9.17) is 0 Å². The minimum Gasteiger partial charge on any atom is -0.383 e. The molecule has 0 amide bonds. The van der Waals surface area contributed by atoms with Gasteiger partial charge in [0, 0.05) is 20.7 Å². The highest BCUT2D eigenvalue weighted by Gasteiger charge is 1.72. The van der Waals surface area contributed by atoms with Gasteiger partial charge in [-0.05, 0) is 0 Å². The van der Waals surface area contributed by atoms with Crippen LogP contribution in [-0.4, -0.2) is 20.3 Å². The number of hydrogen-bond donors (Lipinski definition) is 1. The van der Waals surface area contributed by atoms with Crippen LogP contribution in [0.2, 0.25) is 0 Å². The number of nitrogens with one attached hydrogen (secondary N) is 1. The predicted molar refractivity (Wildman–Crippen MR) is 25.2 cm³/mol. The molecule has 0 aromatic carbocycles. The Morgan fingerprint density at radius 2 is 2.50 bits per heavy atom. The first-order chi connectivity index (χ1) is 2.91. The van der Waals surface area contributed by atoms with E-state index >= 15 is 0 Å². The molecule has 0 saturated carbocycles. The predicted octanol–water partition coefficient (Wildman–Crippen LogP) is 0.0140. The van der Waals surface area contributed by atoms with Gasteiger partial charge in [-0.25, -0.2) is 0 Å². The van der Waals surface area contributed by atoms with E-state index in [9.17, 15) is 0 Å². The molecule has 6 heavy (non-hydrogen) atoms. The fourth-order valence-electron chi connectivity index (χ4n) is 0.174. The van der Waals surface area contributed by atoms with Gasteiger partial charge in [0.2, 0.25) is 0 Å². The van der Waals surface area contributed by atoms with E-state index in [1.54, 1.807) is 7.11 Å².